The lowest BCUT2D eigenvalue weighted by atomic mass is 9.99. The third-order valence-corrected chi connectivity index (χ3v) is 5.09. The van der Waals surface area contributed by atoms with Crippen LogP contribution in [0.3, 0.4) is 0 Å². The summed E-state index contributed by atoms with van der Waals surface area (Å²) >= 11 is 0. The van der Waals surface area contributed by atoms with E-state index >= 15 is 0 Å². The third-order valence-electron chi connectivity index (χ3n) is 5.09. The fourth-order valence-electron chi connectivity index (χ4n) is 3.30. The second kappa shape index (κ2) is 8.17. The van der Waals surface area contributed by atoms with Crippen LogP contribution in [0.2, 0.25) is 0 Å². The Hall–Kier alpha value is -3.28. The number of nitrogens with one attached hydrogen (secondary N) is 1. The van der Waals surface area contributed by atoms with Crippen LogP contribution in [-0.2, 0) is 0 Å². The van der Waals surface area contributed by atoms with Crippen molar-refractivity contribution in [2.45, 2.75) is 19.8 Å². The standard InChI is InChI=1S/C22H23N5O/c1-16-11-14-27(15-12-16)21-10-9-19(25-26-21)17-5-7-18(8-6-17)24-22(28)20-4-2-3-13-23-20/h2-10,13,16H,11-12,14-15H2,1H3,(H,24,28). The smallest absolute Gasteiger partial charge is 0.274 e. The summed E-state index contributed by atoms with van der Waals surface area (Å²) < 4.78 is 0. The maximum atomic E-state index is 12.2. The highest BCUT2D eigenvalue weighted by atomic mass is 16.1. The molecule has 0 saturated carbocycles. The molecule has 0 aliphatic carbocycles. The molecular formula is C22H23N5O. The molecular weight excluding hydrogens is 350 g/mol. The highest BCUT2D eigenvalue weighted by molar-refractivity contribution is 6.02. The minimum absolute atomic E-state index is 0.228. The number of piperidine rings is 1. The highest BCUT2D eigenvalue weighted by Gasteiger charge is 2.17. The van der Waals surface area contributed by atoms with Gasteiger partial charge in [0.05, 0.1) is 5.69 Å². The van der Waals surface area contributed by atoms with Crippen molar-refractivity contribution in [2.75, 3.05) is 23.3 Å². The molecule has 3 heterocycles. The zero-order valence-electron chi connectivity index (χ0n) is 15.9. The minimum atomic E-state index is -0.228. The van der Waals surface area contributed by atoms with Crippen LogP contribution in [0, 0.1) is 5.92 Å². The summed E-state index contributed by atoms with van der Waals surface area (Å²) in [4.78, 5) is 18.5. The number of hydrogen-bond acceptors (Lipinski definition) is 5. The largest absolute Gasteiger partial charge is 0.355 e. The van der Waals surface area contributed by atoms with Gasteiger partial charge in [0.2, 0.25) is 0 Å². The third kappa shape index (κ3) is 4.17. The van der Waals surface area contributed by atoms with Gasteiger partial charge in [-0.1, -0.05) is 25.1 Å². The Bertz CT molecular complexity index is 917. The number of nitrogens with zero attached hydrogens (tertiary/aromatic N) is 4. The second-order valence-electron chi connectivity index (χ2n) is 7.19. The molecule has 1 aliphatic rings. The Kier molecular flexibility index (Phi) is 5.28. The maximum absolute atomic E-state index is 12.2. The molecule has 0 unspecified atom stereocenters. The second-order valence-corrected chi connectivity index (χ2v) is 7.19. The average molecular weight is 373 g/mol. The van der Waals surface area contributed by atoms with Crippen molar-refractivity contribution >= 4 is 17.4 Å². The Morgan fingerprint density at radius 2 is 1.79 bits per heavy atom. The molecule has 0 radical (unpaired) electrons. The number of carbonyl (C=O) groups is 1. The van der Waals surface area contributed by atoms with Gasteiger partial charge >= 0.3 is 0 Å². The normalized spacial score (nSPS) is 14.7. The van der Waals surface area contributed by atoms with Crippen molar-refractivity contribution in [2.24, 2.45) is 5.92 Å². The molecule has 0 spiro atoms. The van der Waals surface area contributed by atoms with Gasteiger partial charge < -0.3 is 10.2 Å². The van der Waals surface area contributed by atoms with Crippen molar-refractivity contribution in [3.05, 3.63) is 66.5 Å². The molecule has 142 valence electrons. The molecule has 4 rings (SSSR count). The summed E-state index contributed by atoms with van der Waals surface area (Å²) in [5.41, 5.74) is 2.88. The highest BCUT2D eigenvalue weighted by Crippen LogP contribution is 2.24. The van der Waals surface area contributed by atoms with E-state index in [1.54, 1.807) is 24.4 Å². The van der Waals surface area contributed by atoms with Gasteiger partial charge in [0, 0.05) is 30.5 Å². The van der Waals surface area contributed by atoms with Crippen molar-refractivity contribution in [3.8, 4) is 11.3 Å². The van der Waals surface area contributed by atoms with E-state index in [0.29, 0.717) is 11.4 Å². The predicted molar refractivity (Wildman–Crippen MR) is 110 cm³/mol. The van der Waals surface area contributed by atoms with Crippen LogP contribution in [-0.4, -0.2) is 34.2 Å². The van der Waals surface area contributed by atoms with Crippen LogP contribution in [0.15, 0.2) is 60.8 Å². The van der Waals surface area contributed by atoms with E-state index < -0.39 is 0 Å². The van der Waals surface area contributed by atoms with Crippen molar-refractivity contribution in [1.29, 1.82) is 0 Å². The number of aromatic nitrogens is 3. The number of amides is 1. The summed E-state index contributed by atoms with van der Waals surface area (Å²) in [6.45, 7) is 4.38. The van der Waals surface area contributed by atoms with E-state index in [4.69, 9.17) is 0 Å². The maximum Gasteiger partial charge on any atom is 0.274 e. The molecule has 1 aliphatic heterocycles. The van der Waals surface area contributed by atoms with Crippen molar-refractivity contribution in [1.82, 2.24) is 15.2 Å². The topological polar surface area (TPSA) is 71.0 Å². The number of anilines is 2. The fourth-order valence-corrected chi connectivity index (χ4v) is 3.30. The molecule has 0 bridgehead atoms. The number of benzene rings is 1. The Labute approximate surface area is 164 Å². The van der Waals surface area contributed by atoms with Gasteiger partial charge in [-0.3, -0.25) is 9.78 Å². The summed E-state index contributed by atoms with van der Waals surface area (Å²) in [6.07, 6.45) is 4.01. The van der Waals surface area contributed by atoms with Gasteiger partial charge in [-0.25, -0.2) is 0 Å². The number of pyridine rings is 1. The first kappa shape index (κ1) is 18.1. The summed E-state index contributed by atoms with van der Waals surface area (Å²) in [5.74, 6) is 1.50. The van der Waals surface area contributed by atoms with E-state index in [9.17, 15) is 4.79 Å². The van der Waals surface area contributed by atoms with E-state index in [2.05, 4.69) is 32.3 Å². The summed E-state index contributed by atoms with van der Waals surface area (Å²) in [5, 5.41) is 11.7. The molecule has 1 fully saturated rings. The lowest BCUT2D eigenvalue weighted by molar-refractivity contribution is 0.102. The van der Waals surface area contributed by atoms with Gasteiger partial charge in [0.1, 0.15) is 5.69 Å². The average Bonchev–Trinajstić information content (AvgIpc) is 2.76. The van der Waals surface area contributed by atoms with Crippen LogP contribution in [0.25, 0.3) is 11.3 Å². The zero-order valence-corrected chi connectivity index (χ0v) is 15.9. The van der Waals surface area contributed by atoms with Crippen molar-refractivity contribution < 1.29 is 4.79 Å². The molecule has 6 nitrogen and oxygen atoms in total. The number of hydrogen-bond donors (Lipinski definition) is 1. The SMILES string of the molecule is CC1CCN(c2ccc(-c3ccc(NC(=O)c4ccccn4)cc3)nn2)CC1. The van der Waals surface area contributed by atoms with Crippen LogP contribution >= 0.6 is 0 Å². The molecule has 28 heavy (non-hydrogen) atoms. The van der Waals surface area contributed by atoms with Crippen LogP contribution < -0.4 is 10.2 Å². The molecule has 1 amide bonds. The van der Waals surface area contributed by atoms with Gasteiger partial charge in [-0.2, -0.15) is 0 Å². The van der Waals surface area contributed by atoms with E-state index in [0.717, 1.165) is 36.1 Å². The Morgan fingerprint density at radius 1 is 1.00 bits per heavy atom. The van der Waals surface area contributed by atoms with Crippen LogP contribution in [0.5, 0.6) is 0 Å². The van der Waals surface area contributed by atoms with Gasteiger partial charge in [-0.05, 0) is 55.2 Å². The first-order valence-corrected chi connectivity index (χ1v) is 9.60. The van der Waals surface area contributed by atoms with E-state index in [1.807, 2.05) is 36.4 Å². The van der Waals surface area contributed by atoms with E-state index in [1.165, 1.54) is 12.8 Å². The molecule has 0 atom stereocenters. The Balaban J connectivity index is 1.41. The number of carbonyl (C=O) groups excluding carboxylic acids is 1. The fraction of sp³-hybridized carbons (Fsp3) is 0.273. The van der Waals surface area contributed by atoms with Crippen LogP contribution in [0.4, 0.5) is 11.5 Å². The first-order chi connectivity index (χ1) is 13.7. The van der Waals surface area contributed by atoms with Gasteiger partial charge in [0.15, 0.2) is 5.82 Å². The minimum Gasteiger partial charge on any atom is -0.355 e. The molecule has 2 aromatic heterocycles. The van der Waals surface area contributed by atoms with Gasteiger partial charge in [-0.15, -0.1) is 10.2 Å². The lowest BCUT2D eigenvalue weighted by Gasteiger charge is -2.30. The predicted octanol–water partition coefficient (Wildman–Crippen LogP) is 4.03. The first-order valence-electron chi connectivity index (χ1n) is 9.60. The lowest BCUT2D eigenvalue weighted by Crippen LogP contribution is -2.33. The molecule has 1 N–H and O–H groups in total. The molecule has 3 aromatic rings. The quantitative estimate of drug-likeness (QED) is 0.748. The molecule has 6 heteroatoms. The zero-order chi connectivity index (χ0) is 19.3. The summed E-state index contributed by atoms with van der Waals surface area (Å²) in [6, 6.07) is 16.9. The van der Waals surface area contributed by atoms with Crippen molar-refractivity contribution in [3.63, 3.8) is 0 Å². The van der Waals surface area contributed by atoms with E-state index in [-0.39, 0.29) is 5.91 Å². The molecule has 1 aromatic carbocycles. The number of rotatable bonds is 4. The summed E-state index contributed by atoms with van der Waals surface area (Å²) in [7, 11) is 0. The molecule has 1 saturated heterocycles. The van der Waals surface area contributed by atoms with Gasteiger partial charge in [0.25, 0.3) is 5.91 Å². The monoisotopic (exact) mass is 373 g/mol. The Morgan fingerprint density at radius 3 is 2.43 bits per heavy atom. The van der Waals surface area contributed by atoms with Crippen LogP contribution in [0.1, 0.15) is 30.3 Å².